The summed E-state index contributed by atoms with van der Waals surface area (Å²) in [5.74, 6) is -1.88. The number of carbonyl (C=O) groups is 2. The van der Waals surface area contributed by atoms with E-state index in [0.29, 0.717) is 13.0 Å². The molecular weight excluding hydrogens is 244 g/mol. The number of hydrogen-bond acceptors (Lipinski definition) is 3. The van der Waals surface area contributed by atoms with Gasteiger partial charge in [0.05, 0.1) is 11.8 Å². The zero-order valence-electron chi connectivity index (χ0n) is 11.1. The zero-order valence-corrected chi connectivity index (χ0v) is 11.1. The minimum Gasteiger partial charge on any atom is -0.481 e. The van der Waals surface area contributed by atoms with Gasteiger partial charge in [-0.25, -0.2) is 0 Å². The van der Waals surface area contributed by atoms with E-state index in [0.717, 1.165) is 11.3 Å². The number of hydrogen-bond donors (Lipinski definition) is 2. The Hall–Kier alpha value is -2.04. The molecule has 0 aliphatic heterocycles. The summed E-state index contributed by atoms with van der Waals surface area (Å²) in [5, 5.41) is 11.5. The molecule has 0 bridgehead atoms. The number of nitrogens with one attached hydrogen (secondary N) is 1. The predicted molar refractivity (Wildman–Crippen MR) is 71.8 cm³/mol. The molecule has 102 valence electrons. The van der Waals surface area contributed by atoms with Crippen LogP contribution in [0.25, 0.3) is 0 Å². The van der Waals surface area contributed by atoms with E-state index in [2.05, 4.69) is 5.32 Å². The van der Waals surface area contributed by atoms with E-state index >= 15 is 0 Å². The van der Waals surface area contributed by atoms with Crippen molar-refractivity contribution >= 4 is 17.6 Å². The van der Waals surface area contributed by atoms with Crippen molar-refractivity contribution in [3.8, 4) is 0 Å². The second-order valence-electron chi connectivity index (χ2n) is 5.07. The van der Waals surface area contributed by atoms with Crippen LogP contribution in [0, 0.1) is 11.8 Å². The number of rotatable bonds is 5. The second kappa shape index (κ2) is 5.30. The Labute approximate surface area is 112 Å². The normalized spacial score (nSPS) is 20.7. The van der Waals surface area contributed by atoms with Gasteiger partial charge in [-0.1, -0.05) is 12.1 Å². The lowest BCUT2D eigenvalue weighted by molar-refractivity contribution is -0.140. The molecule has 0 spiro atoms. The Morgan fingerprint density at radius 3 is 2.37 bits per heavy atom. The van der Waals surface area contributed by atoms with Crippen LogP contribution in [0.1, 0.15) is 12.0 Å². The van der Waals surface area contributed by atoms with Crippen LogP contribution in [0.15, 0.2) is 24.3 Å². The van der Waals surface area contributed by atoms with Crippen LogP contribution in [0.5, 0.6) is 0 Å². The number of nitrogens with zero attached hydrogens (tertiary/aromatic N) is 1. The molecule has 1 aliphatic rings. The Morgan fingerprint density at radius 1 is 1.26 bits per heavy atom. The highest BCUT2D eigenvalue weighted by Gasteiger charge is 2.48. The van der Waals surface area contributed by atoms with Gasteiger partial charge in [-0.3, -0.25) is 9.59 Å². The van der Waals surface area contributed by atoms with Crippen LogP contribution in [0.4, 0.5) is 5.69 Å². The summed E-state index contributed by atoms with van der Waals surface area (Å²) in [5.41, 5.74) is 2.11. The van der Waals surface area contributed by atoms with Gasteiger partial charge >= 0.3 is 5.97 Å². The molecule has 5 nitrogen and oxygen atoms in total. The van der Waals surface area contributed by atoms with Gasteiger partial charge in [-0.05, 0) is 24.1 Å². The first-order valence-electron chi connectivity index (χ1n) is 6.26. The highest BCUT2D eigenvalue weighted by molar-refractivity contribution is 5.89. The summed E-state index contributed by atoms with van der Waals surface area (Å²) >= 11 is 0. The molecule has 2 atom stereocenters. The van der Waals surface area contributed by atoms with Crippen LogP contribution in [0.3, 0.4) is 0 Å². The number of anilines is 1. The van der Waals surface area contributed by atoms with Gasteiger partial charge in [0, 0.05) is 26.3 Å². The number of benzene rings is 1. The molecule has 1 aromatic carbocycles. The summed E-state index contributed by atoms with van der Waals surface area (Å²) in [4.78, 5) is 24.4. The molecule has 1 fully saturated rings. The van der Waals surface area contributed by atoms with E-state index < -0.39 is 11.9 Å². The minimum atomic E-state index is -0.879. The summed E-state index contributed by atoms with van der Waals surface area (Å²) < 4.78 is 0. The average Bonchev–Trinajstić information content (AvgIpc) is 3.16. The third-order valence-electron chi connectivity index (χ3n) is 3.36. The lowest BCUT2D eigenvalue weighted by Crippen LogP contribution is -2.25. The quantitative estimate of drug-likeness (QED) is 0.833. The van der Waals surface area contributed by atoms with E-state index in [1.807, 2.05) is 43.3 Å². The topological polar surface area (TPSA) is 69.6 Å². The van der Waals surface area contributed by atoms with Crippen molar-refractivity contribution in [1.82, 2.24) is 5.32 Å². The van der Waals surface area contributed by atoms with Gasteiger partial charge < -0.3 is 15.3 Å². The van der Waals surface area contributed by atoms with Crippen molar-refractivity contribution in [2.75, 3.05) is 19.0 Å². The van der Waals surface area contributed by atoms with Crippen molar-refractivity contribution in [3.05, 3.63) is 29.8 Å². The highest BCUT2D eigenvalue weighted by Crippen LogP contribution is 2.38. The Morgan fingerprint density at radius 2 is 1.89 bits per heavy atom. The van der Waals surface area contributed by atoms with Crippen LogP contribution >= 0.6 is 0 Å². The maximum Gasteiger partial charge on any atom is 0.307 e. The number of carbonyl (C=O) groups excluding carboxylic acids is 1. The van der Waals surface area contributed by atoms with Crippen molar-refractivity contribution in [2.45, 2.75) is 13.0 Å². The first-order valence-corrected chi connectivity index (χ1v) is 6.26. The van der Waals surface area contributed by atoms with E-state index in [9.17, 15) is 9.59 Å². The summed E-state index contributed by atoms with van der Waals surface area (Å²) in [6.07, 6.45) is 0.459. The maximum atomic E-state index is 11.7. The molecule has 1 aliphatic carbocycles. The van der Waals surface area contributed by atoms with Crippen molar-refractivity contribution in [1.29, 1.82) is 0 Å². The van der Waals surface area contributed by atoms with Gasteiger partial charge in [0.1, 0.15) is 0 Å². The molecular formula is C14H18N2O3. The monoisotopic (exact) mass is 262 g/mol. The smallest absolute Gasteiger partial charge is 0.307 e. The van der Waals surface area contributed by atoms with Gasteiger partial charge in [0.25, 0.3) is 0 Å². The van der Waals surface area contributed by atoms with Gasteiger partial charge in [0.15, 0.2) is 0 Å². The highest BCUT2D eigenvalue weighted by atomic mass is 16.4. The number of amides is 1. The molecule has 2 unspecified atom stereocenters. The fourth-order valence-corrected chi connectivity index (χ4v) is 1.99. The summed E-state index contributed by atoms with van der Waals surface area (Å²) in [6, 6.07) is 7.88. The van der Waals surface area contributed by atoms with Crippen molar-refractivity contribution in [2.24, 2.45) is 11.8 Å². The lowest BCUT2D eigenvalue weighted by Gasteiger charge is -2.12. The largest absolute Gasteiger partial charge is 0.481 e. The zero-order chi connectivity index (χ0) is 14.0. The molecule has 1 aromatic rings. The summed E-state index contributed by atoms with van der Waals surface area (Å²) in [6.45, 7) is 0.440. The average molecular weight is 262 g/mol. The first kappa shape index (κ1) is 13.4. The van der Waals surface area contributed by atoms with Crippen LogP contribution < -0.4 is 10.2 Å². The molecule has 5 heteroatoms. The minimum absolute atomic E-state index is 0.163. The molecule has 0 heterocycles. The van der Waals surface area contributed by atoms with E-state index in [4.69, 9.17) is 5.11 Å². The van der Waals surface area contributed by atoms with E-state index in [-0.39, 0.29) is 11.8 Å². The first-order chi connectivity index (χ1) is 8.99. The molecule has 1 amide bonds. The van der Waals surface area contributed by atoms with Gasteiger partial charge in [-0.2, -0.15) is 0 Å². The fourth-order valence-electron chi connectivity index (χ4n) is 1.99. The maximum absolute atomic E-state index is 11.7. The molecule has 0 saturated heterocycles. The van der Waals surface area contributed by atoms with Crippen molar-refractivity contribution < 1.29 is 14.7 Å². The molecule has 0 radical (unpaired) electrons. The molecule has 19 heavy (non-hydrogen) atoms. The second-order valence-corrected chi connectivity index (χ2v) is 5.07. The van der Waals surface area contributed by atoms with Crippen LogP contribution in [-0.4, -0.2) is 31.1 Å². The Balaban J connectivity index is 1.83. The molecule has 0 aromatic heterocycles. The van der Waals surface area contributed by atoms with E-state index in [1.165, 1.54) is 0 Å². The third kappa shape index (κ3) is 3.24. The number of carboxylic acid groups (broad SMARTS) is 1. The van der Waals surface area contributed by atoms with Gasteiger partial charge in [0.2, 0.25) is 5.91 Å². The predicted octanol–water partition coefficient (Wildman–Crippen LogP) is 1.09. The Bertz CT molecular complexity index is 482. The SMILES string of the molecule is CN(C)c1ccc(CNC(=O)C2CC2C(=O)O)cc1. The van der Waals surface area contributed by atoms with Crippen LogP contribution in [0.2, 0.25) is 0 Å². The summed E-state index contributed by atoms with van der Waals surface area (Å²) in [7, 11) is 3.94. The van der Waals surface area contributed by atoms with Crippen molar-refractivity contribution in [3.63, 3.8) is 0 Å². The van der Waals surface area contributed by atoms with Crippen LogP contribution in [-0.2, 0) is 16.1 Å². The lowest BCUT2D eigenvalue weighted by atomic mass is 10.2. The fraction of sp³-hybridized carbons (Fsp3) is 0.429. The molecule has 2 rings (SSSR count). The molecule has 1 saturated carbocycles. The third-order valence-corrected chi connectivity index (χ3v) is 3.36. The Kier molecular flexibility index (Phi) is 3.74. The number of aliphatic carboxylic acids is 1. The standard InChI is InChI=1S/C14H18N2O3/c1-16(2)10-5-3-9(4-6-10)8-15-13(17)11-7-12(11)14(18)19/h3-6,11-12H,7-8H2,1-2H3,(H,15,17)(H,18,19). The molecule has 2 N–H and O–H groups in total. The van der Waals surface area contributed by atoms with Gasteiger partial charge in [-0.15, -0.1) is 0 Å². The van der Waals surface area contributed by atoms with E-state index in [1.54, 1.807) is 0 Å². The number of carboxylic acids is 1.